The fourth-order valence-electron chi connectivity index (χ4n) is 0.182. The van der Waals surface area contributed by atoms with Crippen molar-refractivity contribution in [2.75, 3.05) is 13.2 Å². The first-order valence-electron chi connectivity index (χ1n) is 1.97. The van der Waals surface area contributed by atoms with Gasteiger partial charge in [-0.05, 0) is 6.08 Å². The molecule has 0 aromatic heterocycles. The first-order valence-corrected chi connectivity index (χ1v) is 1.97. The second kappa shape index (κ2) is 9.68. The fraction of sp³-hybridized carbons (Fsp3) is 0.400. The van der Waals surface area contributed by atoms with Crippen molar-refractivity contribution in [1.29, 1.82) is 0 Å². The van der Waals surface area contributed by atoms with E-state index < -0.39 is 0 Å². The number of nitrogens with two attached hydrogens (primary N) is 1. The monoisotopic (exact) mass is 386 g/mol. The summed E-state index contributed by atoms with van der Waals surface area (Å²) in [5.41, 5.74) is 5.34. The Bertz CT molecular complexity index is 75.4. The van der Waals surface area contributed by atoms with Gasteiger partial charge in [-0.1, -0.05) is 0 Å². The van der Waals surface area contributed by atoms with Gasteiger partial charge in [-0.2, -0.15) is 0 Å². The number of rotatable bonds is 2. The van der Waals surface area contributed by atoms with Crippen LogP contribution in [-0.4, -0.2) is 23.4 Å². The zero-order chi connectivity index (χ0) is 5.70. The molecule has 9 heavy (non-hydrogen) atoms. The molecule has 0 saturated heterocycles. The van der Waals surface area contributed by atoms with Crippen LogP contribution in [0.1, 0.15) is 0 Å². The molecular weight excluding hydrogens is 374 g/mol. The first kappa shape index (κ1) is 15.7. The van der Waals surface area contributed by atoms with Crippen molar-refractivity contribution in [3.05, 3.63) is 19.2 Å². The van der Waals surface area contributed by atoms with Crippen LogP contribution < -0.4 is 5.73 Å². The molecule has 0 aliphatic carbocycles. The first-order chi connectivity index (χ1) is 3.31. The number of hydrogen-bond acceptors (Lipinski definition) is 3. The van der Waals surface area contributed by atoms with Crippen LogP contribution >= 0.6 is 0 Å². The Kier molecular flexibility index (Phi) is 16.8. The summed E-state index contributed by atoms with van der Waals surface area (Å²) in [5.74, 6) is 0. The van der Waals surface area contributed by atoms with E-state index in [2.05, 4.69) is 0 Å². The second-order valence-corrected chi connectivity index (χ2v) is 1.12. The summed E-state index contributed by atoms with van der Waals surface area (Å²) in [4.78, 5) is 0. The molecule has 0 aliphatic rings. The van der Waals surface area contributed by atoms with Gasteiger partial charge in [0.2, 0.25) is 0 Å². The summed E-state index contributed by atoms with van der Waals surface area (Å²) in [6.45, 7) is -0.285. The van der Waals surface area contributed by atoms with Crippen molar-refractivity contribution >= 4 is 0 Å². The van der Waals surface area contributed by atoms with Gasteiger partial charge in [0.05, 0.1) is 13.2 Å². The predicted octanol–water partition coefficient (Wildman–Crippen LogP) is -0.736. The largest absolute Gasteiger partial charge is 0.400 e. The molecule has 0 saturated carbocycles. The molecular formula is C5H12DbNO2-. The molecule has 0 aliphatic heterocycles. The minimum atomic E-state index is -0.180. The average molecular weight is 386 g/mol. The standard InChI is InChI=1S/C4H9NO2.CH3.Db/c5-4(3-7)1-2-6;;/h1,6-7H,2-3,5H2;1H3;/q;-1;/b4-1-;;. The van der Waals surface area contributed by atoms with Gasteiger partial charge < -0.3 is 23.4 Å². The number of aliphatic hydroxyl groups excluding tert-OH is 2. The minimum absolute atomic E-state index is 0. The predicted molar refractivity (Wildman–Crippen MR) is 32.9 cm³/mol. The average Bonchev–Trinajstić information content (AvgIpc) is 1.68. The van der Waals surface area contributed by atoms with Crippen LogP contribution in [-0.2, 0) is 0 Å². The van der Waals surface area contributed by atoms with Crippen LogP contribution in [0.3, 0.4) is 0 Å². The molecule has 4 N–H and O–H groups in total. The topological polar surface area (TPSA) is 66.5 Å². The molecule has 52 valence electrons. The van der Waals surface area contributed by atoms with E-state index in [0.29, 0.717) is 5.70 Å². The van der Waals surface area contributed by atoms with Crippen LogP contribution in [0, 0.1) is 7.43 Å². The normalized spacial score (nSPS) is 9.33. The minimum Gasteiger partial charge on any atom is -0.400 e. The number of aliphatic hydroxyl groups is 2. The molecule has 0 bridgehead atoms. The van der Waals surface area contributed by atoms with Gasteiger partial charge in [0.1, 0.15) is 0 Å². The molecule has 4 heteroatoms. The Morgan fingerprint density at radius 2 is 1.89 bits per heavy atom. The van der Waals surface area contributed by atoms with Crippen LogP contribution in [0.2, 0.25) is 0 Å². The molecule has 0 radical (unpaired) electrons. The summed E-state index contributed by atoms with van der Waals surface area (Å²) in [5, 5.41) is 16.3. The van der Waals surface area contributed by atoms with Crippen molar-refractivity contribution in [1.82, 2.24) is 0 Å². The van der Waals surface area contributed by atoms with Crippen LogP contribution in [0.5, 0.6) is 0 Å². The number of hydrogen-bond donors (Lipinski definition) is 3. The van der Waals surface area contributed by atoms with Gasteiger partial charge in [0, 0.05) is 5.70 Å². The maximum atomic E-state index is 8.16. The molecule has 0 atom stereocenters. The molecule has 0 aromatic rings. The molecule has 0 fully saturated rings. The van der Waals surface area contributed by atoms with Crippen molar-refractivity contribution in [3.63, 3.8) is 0 Å². The SMILES string of the molecule is N/C(=C\CO)CO.[CH3-].[Db]. The Morgan fingerprint density at radius 3 is 2.00 bits per heavy atom. The van der Waals surface area contributed by atoms with Gasteiger partial charge in [-0.15, -0.1) is 0 Å². The van der Waals surface area contributed by atoms with E-state index in [1.165, 1.54) is 6.08 Å². The zero-order valence-corrected chi connectivity index (χ0v) is 12.1. The third-order valence-corrected chi connectivity index (χ3v) is 0.536. The van der Waals surface area contributed by atoms with Gasteiger partial charge in [-0.25, -0.2) is 0 Å². The maximum Gasteiger partial charge on any atom is 0.0823 e. The molecule has 0 aromatic carbocycles. The summed E-state index contributed by atoms with van der Waals surface area (Å²) in [6, 6.07) is 0. The smallest absolute Gasteiger partial charge is 0.0823 e. The van der Waals surface area contributed by atoms with Crippen molar-refractivity contribution < 1.29 is 10.2 Å². The maximum absolute atomic E-state index is 8.16. The van der Waals surface area contributed by atoms with E-state index in [1.807, 2.05) is 0 Å². The van der Waals surface area contributed by atoms with Gasteiger partial charge in [0.25, 0.3) is 0 Å². The summed E-state index contributed by atoms with van der Waals surface area (Å²) in [6.07, 6.45) is 1.35. The summed E-state index contributed by atoms with van der Waals surface area (Å²) < 4.78 is 0. The second-order valence-electron chi connectivity index (χ2n) is 1.12. The zero-order valence-electron chi connectivity index (χ0n) is 5.67. The van der Waals surface area contributed by atoms with E-state index in [0.717, 1.165) is 0 Å². The summed E-state index contributed by atoms with van der Waals surface area (Å²) >= 11 is 0. The van der Waals surface area contributed by atoms with E-state index in [9.17, 15) is 0 Å². The van der Waals surface area contributed by atoms with E-state index in [4.69, 9.17) is 15.9 Å². The molecule has 0 heterocycles. The fourth-order valence-corrected chi connectivity index (χ4v) is 0.182. The van der Waals surface area contributed by atoms with E-state index in [1.54, 1.807) is 0 Å². The van der Waals surface area contributed by atoms with Crippen molar-refractivity contribution in [2.45, 2.75) is 0 Å². The van der Waals surface area contributed by atoms with Crippen LogP contribution in [0.25, 0.3) is 0 Å². The van der Waals surface area contributed by atoms with Gasteiger partial charge >= 0.3 is 0 Å². The Morgan fingerprint density at radius 1 is 1.44 bits per heavy atom. The molecule has 3 nitrogen and oxygen atoms in total. The molecule has 0 rings (SSSR count). The molecule has 0 spiro atoms. The van der Waals surface area contributed by atoms with Gasteiger partial charge in [0.15, 0.2) is 0 Å². The van der Waals surface area contributed by atoms with Gasteiger partial charge in [-0.3, -0.25) is 0 Å². The van der Waals surface area contributed by atoms with E-state index in [-0.39, 0.29) is 20.6 Å². The van der Waals surface area contributed by atoms with Crippen molar-refractivity contribution in [3.8, 4) is 0 Å². The van der Waals surface area contributed by atoms with Crippen molar-refractivity contribution in [2.24, 2.45) is 5.73 Å². The Hall–Kier alpha value is -1.54. The summed E-state index contributed by atoms with van der Waals surface area (Å²) in [7, 11) is 0. The molecule has 0 unspecified atom stereocenters. The molecule has 0 amide bonds. The van der Waals surface area contributed by atoms with E-state index >= 15 is 0 Å². The Balaban J connectivity index is -0.000000180. The Labute approximate surface area is 49.4 Å². The third kappa shape index (κ3) is 10.7. The van der Waals surface area contributed by atoms with Crippen LogP contribution in [0.4, 0.5) is 0 Å². The quantitative estimate of drug-likeness (QED) is 0.549. The third-order valence-electron chi connectivity index (χ3n) is 0.536. The van der Waals surface area contributed by atoms with Crippen LogP contribution in [0.15, 0.2) is 11.8 Å².